The van der Waals surface area contributed by atoms with Crippen LogP contribution in [0.15, 0.2) is 17.4 Å². The Hall–Kier alpha value is -1.32. The molecule has 1 N–H and O–H groups in total. The molecular weight excluding hydrogens is 128 g/mol. The Labute approximate surface area is 59.6 Å². The molecule has 0 aliphatic rings. The van der Waals surface area contributed by atoms with Crippen LogP contribution in [0.1, 0.15) is 0 Å². The van der Waals surface area contributed by atoms with Crippen molar-refractivity contribution in [2.75, 3.05) is 14.1 Å². The molecule has 1 heterocycles. The maximum Gasteiger partial charge on any atom is 0.228 e. The lowest BCUT2D eigenvalue weighted by Gasteiger charge is -1.99. The summed E-state index contributed by atoms with van der Waals surface area (Å²) in [5, 5.41) is 0. The second kappa shape index (κ2) is 3.00. The average Bonchev–Trinajstić information content (AvgIpc) is 2.34. The van der Waals surface area contributed by atoms with Gasteiger partial charge in [-0.1, -0.05) is 0 Å². The molecule has 4 nitrogen and oxygen atoms in total. The molecule has 0 saturated carbocycles. The van der Waals surface area contributed by atoms with Gasteiger partial charge in [0.05, 0.1) is 6.34 Å². The van der Waals surface area contributed by atoms with Crippen LogP contribution < -0.4 is 0 Å². The zero-order valence-electron chi connectivity index (χ0n) is 6.07. The van der Waals surface area contributed by atoms with E-state index < -0.39 is 0 Å². The van der Waals surface area contributed by atoms with Gasteiger partial charge < -0.3 is 9.88 Å². The van der Waals surface area contributed by atoms with Crippen molar-refractivity contribution >= 4 is 12.3 Å². The molecular formula is C6H10N4. The van der Waals surface area contributed by atoms with Gasteiger partial charge in [0, 0.05) is 26.5 Å². The van der Waals surface area contributed by atoms with E-state index in [1.54, 1.807) is 18.7 Å². The summed E-state index contributed by atoms with van der Waals surface area (Å²) in [6.07, 6.45) is 5.10. The topological polar surface area (TPSA) is 44.3 Å². The first kappa shape index (κ1) is 6.80. The van der Waals surface area contributed by atoms with Crippen molar-refractivity contribution in [1.82, 2.24) is 14.9 Å². The van der Waals surface area contributed by atoms with Crippen LogP contribution >= 0.6 is 0 Å². The fourth-order valence-electron chi connectivity index (χ4n) is 0.498. The van der Waals surface area contributed by atoms with Gasteiger partial charge in [0.15, 0.2) is 0 Å². The van der Waals surface area contributed by atoms with Crippen LogP contribution in [0.4, 0.5) is 5.95 Å². The van der Waals surface area contributed by atoms with Crippen molar-refractivity contribution in [3.8, 4) is 0 Å². The van der Waals surface area contributed by atoms with Crippen LogP contribution in [0, 0.1) is 0 Å². The van der Waals surface area contributed by atoms with Crippen molar-refractivity contribution in [3.05, 3.63) is 12.4 Å². The van der Waals surface area contributed by atoms with E-state index in [1.807, 2.05) is 19.0 Å². The number of nitrogens with one attached hydrogen (secondary N) is 1. The van der Waals surface area contributed by atoms with Gasteiger partial charge in [-0.2, -0.15) is 0 Å². The highest BCUT2D eigenvalue weighted by molar-refractivity contribution is 5.57. The molecule has 54 valence electrons. The Morgan fingerprint density at radius 3 is 3.00 bits per heavy atom. The normalized spacial score (nSPS) is 10.6. The van der Waals surface area contributed by atoms with Crippen LogP contribution in [0.5, 0.6) is 0 Å². The molecule has 10 heavy (non-hydrogen) atoms. The van der Waals surface area contributed by atoms with Crippen LogP contribution in [0.3, 0.4) is 0 Å². The van der Waals surface area contributed by atoms with Crippen molar-refractivity contribution in [1.29, 1.82) is 0 Å². The van der Waals surface area contributed by atoms with Crippen LogP contribution in [-0.2, 0) is 0 Å². The minimum Gasteiger partial charge on any atom is -0.369 e. The summed E-state index contributed by atoms with van der Waals surface area (Å²) in [6.45, 7) is 0. The third-order valence-electron chi connectivity index (χ3n) is 0.895. The molecule has 0 aliphatic carbocycles. The summed E-state index contributed by atoms with van der Waals surface area (Å²) in [4.78, 5) is 12.6. The predicted octanol–water partition coefficient (Wildman–Crippen LogP) is 0.631. The predicted molar refractivity (Wildman–Crippen MR) is 40.4 cm³/mol. The Kier molecular flexibility index (Phi) is 2.04. The first-order valence-electron chi connectivity index (χ1n) is 2.99. The quantitative estimate of drug-likeness (QED) is 0.481. The summed E-state index contributed by atoms with van der Waals surface area (Å²) < 4.78 is 0. The molecule has 4 heteroatoms. The van der Waals surface area contributed by atoms with E-state index in [4.69, 9.17) is 0 Å². The number of nitrogens with zero attached hydrogens (tertiary/aromatic N) is 3. The highest BCUT2D eigenvalue weighted by Gasteiger charge is 1.85. The average molecular weight is 138 g/mol. The maximum absolute atomic E-state index is 4.00. The third-order valence-corrected chi connectivity index (χ3v) is 0.895. The number of rotatable bonds is 2. The number of imidazole rings is 1. The Morgan fingerprint density at radius 2 is 2.50 bits per heavy atom. The van der Waals surface area contributed by atoms with Crippen LogP contribution in [0.2, 0.25) is 0 Å². The maximum atomic E-state index is 4.00. The highest BCUT2D eigenvalue weighted by Crippen LogP contribution is 1.97. The Morgan fingerprint density at radius 1 is 1.70 bits per heavy atom. The van der Waals surface area contributed by atoms with Gasteiger partial charge in [-0.05, 0) is 0 Å². The number of aromatic amines is 1. The van der Waals surface area contributed by atoms with E-state index in [-0.39, 0.29) is 0 Å². The van der Waals surface area contributed by atoms with E-state index in [9.17, 15) is 0 Å². The monoisotopic (exact) mass is 138 g/mol. The number of aromatic nitrogens is 2. The Balaban J connectivity index is 2.55. The largest absolute Gasteiger partial charge is 0.369 e. The smallest absolute Gasteiger partial charge is 0.228 e. The second-order valence-corrected chi connectivity index (χ2v) is 2.12. The van der Waals surface area contributed by atoms with Gasteiger partial charge in [-0.15, -0.1) is 0 Å². The summed E-state index contributed by atoms with van der Waals surface area (Å²) in [5.41, 5.74) is 0. The van der Waals surface area contributed by atoms with Crippen LogP contribution in [-0.4, -0.2) is 35.3 Å². The minimum atomic E-state index is 0.633. The SMILES string of the molecule is CN(C)/C=N/c1ncc[nH]1. The zero-order valence-corrected chi connectivity index (χ0v) is 6.07. The highest BCUT2D eigenvalue weighted by atomic mass is 15.1. The first-order valence-corrected chi connectivity index (χ1v) is 2.99. The zero-order chi connectivity index (χ0) is 7.40. The van der Waals surface area contributed by atoms with E-state index in [1.165, 1.54) is 0 Å². The fourth-order valence-corrected chi connectivity index (χ4v) is 0.498. The molecule has 0 spiro atoms. The lowest BCUT2D eigenvalue weighted by molar-refractivity contribution is 0.642. The second-order valence-electron chi connectivity index (χ2n) is 2.12. The lowest BCUT2D eigenvalue weighted by Crippen LogP contribution is -2.07. The lowest BCUT2D eigenvalue weighted by atomic mass is 10.9. The summed E-state index contributed by atoms with van der Waals surface area (Å²) in [7, 11) is 3.82. The molecule has 0 amide bonds. The number of hydrogen-bond acceptors (Lipinski definition) is 2. The molecule has 1 aromatic rings. The van der Waals surface area contributed by atoms with E-state index in [0.717, 1.165) is 0 Å². The van der Waals surface area contributed by atoms with Crippen molar-refractivity contribution in [2.24, 2.45) is 4.99 Å². The molecule has 0 radical (unpaired) electrons. The third kappa shape index (κ3) is 1.89. The molecule has 0 atom stereocenters. The molecule has 1 aromatic heterocycles. The summed E-state index contributed by atoms with van der Waals surface area (Å²) >= 11 is 0. The first-order chi connectivity index (χ1) is 4.79. The van der Waals surface area contributed by atoms with E-state index >= 15 is 0 Å². The molecule has 0 saturated heterocycles. The molecule has 0 aromatic carbocycles. The van der Waals surface area contributed by atoms with Gasteiger partial charge in [0.2, 0.25) is 5.95 Å². The summed E-state index contributed by atoms with van der Waals surface area (Å²) in [6, 6.07) is 0. The minimum absolute atomic E-state index is 0.633. The molecule has 0 bridgehead atoms. The van der Waals surface area contributed by atoms with E-state index in [2.05, 4.69) is 15.0 Å². The van der Waals surface area contributed by atoms with Gasteiger partial charge in [0.25, 0.3) is 0 Å². The number of H-pyrrole nitrogens is 1. The van der Waals surface area contributed by atoms with Crippen molar-refractivity contribution in [2.45, 2.75) is 0 Å². The van der Waals surface area contributed by atoms with Crippen LogP contribution in [0.25, 0.3) is 0 Å². The number of hydrogen-bond donors (Lipinski definition) is 1. The molecule has 0 unspecified atom stereocenters. The summed E-state index contributed by atoms with van der Waals surface area (Å²) in [5.74, 6) is 0.633. The number of aliphatic imine (C=N–C) groups is 1. The van der Waals surface area contributed by atoms with Gasteiger partial charge in [-0.25, -0.2) is 9.98 Å². The van der Waals surface area contributed by atoms with Gasteiger partial charge >= 0.3 is 0 Å². The fraction of sp³-hybridized carbons (Fsp3) is 0.333. The van der Waals surface area contributed by atoms with E-state index in [0.29, 0.717) is 5.95 Å². The molecule has 1 rings (SSSR count). The van der Waals surface area contributed by atoms with Crippen molar-refractivity contribution < 1.29 is 0 Å². The van der Waals surface area contributed by atoms with Gasteiger partial charge in [-0.3, -0.25) is 0 Å². The molecule has 0 fully saturated rings. The standard InChI is InChI=1S/C6H10N4/c1-10(2)5-9-6-7-3-4-8-6/h3-5H,1-2H3,(H,7,8)/b9-5+. The van der Waals surface area contributed by atoms with Crippen molar-refractivity contribution in [3.63, 3.8) is 0 Å². The Bertz CT molecular complexity index is 200. The van der Waals surface area contributed by atoms with Gasteiger partial charge in [0.1, 0.15) is 0 Å². The molecule has 0 aliphatic heterocycles.